The van der Waals surface area contributed by atoms with E-state index >= 15 is 0 Å². The number of hydrogen-bond acceptors (Lipinski definition) is 4. The molecule has 1 aromatic heterocycles. The zero-order chi connectivity index (χ0) is 20.7. The van der Waals surface area contributed by atoms with Crippen LogP contribution in [-0.2, 0) is 37.4 Å². The Balaban J connectivity index is 1.44. The molecule has 1 aliphatic heterocycles. The Bertz CT molecular complexity index is 816. The molecule has 0 saturated carbocycles. The molecule has 1 aromatic carbocycles. The number of rotatable bonds is 7. The first-order valence-electron chi connectivity index (χ1n) is 9.52. The van der Waals surface area contributed by atoms with Gasteiger partial charge >= 0.3 is 6.18 Å². The molecule has 0 radical (unpaired) electrons. The van der Waals surface area contributed by atoms with Gasteiger partial charge in [0.05, 0.1) is 13.2 Å². The first kappa shape index (κ1) is 21.1. The predicted molar refractivity (Wildman–Crippen MR) is 102 cm³/mol. The Labute approximate surface area is 167 Å². The van der Waals surface area contributed by atoms with Gasteiger partial charge in [0, 0.05) is 26.6 Å². The zero-order valence-corrected chi connectivity index (χ0v) is 16.3. The van der Waals surface area contributed by atoms with Crippen molar-refractivity contribution >= 4 is 5.96 Å². The number of alkyl halides is 3. The molecule has 2 N–H and O–H groups in total. The number of guanidine groups is 1. The van der Waals surface area contributed by atoms with Gasteiger partial charge in [-0.05, 0) is 24.0 Å². The van der Waals surface area contributed by atoms with Crippen LogP contribution in [0.5, 0.6) is 0 Å². The predicted octanol–water partition coefficient (Wildman–Crippen LogP) is 2.56. The first-order valence-corrected chi connectivity index (χ1v) is 9.52. The van der Waals surface area contributed by atoms with Crippen LogP contribution < -0.4 is 10.6 Å². The standard InChI is InChI=1S/C19H25F3N6O/c1-23-18(25-11-17-27-26-16-4-2-3-9-28(16)17)24-10-14-5-7-15(8-6-14)12-29-13-19(20,21)22/h5-8H,2-4,9-13H2,1H3,(H2,23,24,25). The van der Waals surface area contributed by atoms with Gasteiger partial charge in [0.25, 0.3) is 0 Å². The molecular formula is C19H25F3N6O. The number of ether oxygens (including phenoxy) is 1. The topological polar surface area (TPSA) is 76.4 Å². The van der Waals surface area contributed by atoms with Gasteiger partial charge in [0.15, 0.2) is 11.8 Å². The van der Waals surface area contributed by atoms with Crippen molar-refractivity contribution in [3.05, 3.63) is 47.0 Å². The fraction of sp³-hybridized carbons (Fsp3) is 0.526. The van der Waals surface area contributed by atoms with Gasteiger partial charge in [0.2, 0.25) is 0 Å². The number of nitrogens with one attached hydrogen (secondary N) is 2. The molecule has 0 amide bonds. The number of benzene rings is 1. The average Bonchev–Trinajstić information content (AvgIpc) is 3.11. The molecule has 2 aromatic rings. The van der Waals surface area contributed by atoms with Crippen molar-refractivity contribution in [2.45, 2.75) is 51.7 Å². The summed E-state index contributed by atoms with van der Waals surface area (Å²) in [5, 5.41) is 14.9. The van der Waals surface area contributed by atoms with Gasteiger partial charge in [0.1, 0.15) is 12.4 Å². The number of halogens is 3. The summed E-state index contributed by atoms with van der Waals surface area (Å²) in [6.45, 7) is 0.695. The summed E-state index contributed by atoms with van der Waals surface area (Å²) in [6.07, 6.45) is -1.04. The Hall–Kier alpha value is -2.62. The van der Waals surface area contributed by atoms with Gasteiger partial charge in [-0.15, -0.1) is 10.2 Å². The molecule has 1 aliphatic rings. The summed E-state index contributed by atoms with van der Waals surface area (Å²) >= 11 is 0. The molecular weight excluding hydrogens is 385 g/mol. The van der Waals surface area contributed by atoms with Gasteiger partial charge in [-0.3, -0.25) is 4.99 Å². The molecule has 0 saturated heterocycles. The fourth-order valence-corrected chi connectivity index (χ4v) is 3.11. The van der Waals surface area contributed by atoms with Crippen molar-refractivity contribution in [3.63, 3.8) is 0 Å². The minimum atomic E-state index is -4.31. The van der Waals surface area contributed by atoms with E-state index in [1.165, 1.54) is 0 Å². The monoisotopic (exact) mass is 410 g/mol. The van der Waals surface area contributed by atoms with Crippen LogP contribution in [-0.4, -0.2) is 40.6 Å². The van der Waals surface area contributed by atoms with Crippen LogP contribution in [0.4, 0.5) is 13.2 Å². The van der Waals surface area contributed by atoms with Crippen molar-refractivity contribution in [1.29, 1.82) is 0 Å². The van der Waals surface area contributed by atoms with Crippen molar-refractivity contribution in [3.8, 4) is 0 Å². The SMILES string of the molecule is CN=C(NCc1ccc(COCC(F)(F)F)cc1)NCc1nnc2n1CCCC2. The van der Waals surface area contributed by atoms with Crippen molar-refractivity contribution in [1.82, 2.24) is 25.4 Å². The lowest BCUT2D eigenvalue weighted by Crippen LogP contribution is -2.37. The van der Waals surface area contributed by atoms with Gasteiger partial charge in [-0.1, -0.05) is 24.3 Å². The van der Waals surface area contributed by atoms with Crippen LogP contribution in [0.15, 0.2) is 29.3 Å². The van der Waals surface area contributed by atoms with Gasteiger partial charge < -0.3 is 19.9 Å². The third kappa shape index (κ3) is 6.45. The van der Waals surface area contributed by atoms with E-state index in [2.05, 4.69) is 35.1 Å². The third-order valence-corrected chi connectivity index (χ3v) is 4.59. The van der Waals surface area contributed by atoms with Crippen LogP contribution in [0.2, 0.25) is 0 Å². The summed E-state index contributed by atoms with van der Waals surface area (Å²) in [5.41, 5.74) is 1.67. The highest BCUT2D eigenvalue weighted by molar-refractivity contribution is 5.79. The molecule has 2 heterocycles. The van der Waals surface area contributed by atoms with E-state index in [0.717, 1.165) is 43.0 Å². The van der Waals surface area contributed by atoms with E-state index in [1.807, 2.05) is 12.1 Å². The zero-order valence-electron chi connectivity index (χ0n) is 16.3. The Morgan fingerprint density at radius 3 is 2.55 bits per heavy atom. The lowest BCUT2D eigenvalue weighted by atomic mass is 10.1. The Morgan fingerprint density at radius 2 is 1.83 bits per heavy atom. The van der Waals surface area contributed by atoms with Crippen LogP contribution in [0, 0.1) is 0 Å². The van der Waals surface area contributed by atoms with Crippen LogP contribution in [0.1, 0.15) is 35.6 Å². The lowest BCUT2D eigenvalue weighted by Gasteiger charge is -2.16. The molecule has 10 heteroatoms. The summed E-state index contributed by atoms with van der Waals surface area (Å²) < 4.78 is 43.1. The van der Waals surface area contributed by atoms with Crippen molar-refractivity contribution in [2.24, 2.45) is 4.99 Å². The normalized spacial score (nSPS) is 14.6. The molecule has 158 valence electrons. The first-order chi connectivity index (χ1) is 13.9. The van der Waals surface area contributed by atoms with Crippen LogP contribution in [0.3, 0.4) is 0 Å². The molecule has 0 spiro atoms. The van der Waals surface area contributed by atoms with Gasteiger partial charge in [-0.2, -0.15) is 13.2 Å². The minimum Gasteiger partial charge on any atom is -0.367 e. The number of aliphatic imine (C=N–C) groups is 1. The molecule has 0 bridgehead atoms. The summed E-state index contributed by atoms with van der Waals surface area (Å²) in [7, 11) is 1.69. The third-order valence-electron chi connectivity index (χ3n) is 4.59. The minimum absolute atomic E-state index is 0.0703. The van der Waals surface area contributed by atoms with E-state index in [1.54, 1.807) is 19.2 Å². The number of aryl methyl sites for hydroxylation is 1. The van der Waals surface area contributed by atoms with E-state index in [4.69, 9.17) is 0 Å². The molecule has 0 fully saturated rings. The van der Waals surface area contributed by atoms with Crippen LogP contribution >= 0.6 is 0 Å². The van der Waals surface area contributed by atoms with Crippen molar-refractivity contribution < 1.29 is 17.9 Å². The van der Waals surface area contributed by atoms with E-state index in [-0.39, 0.29) is 6.61 Å². The van der Waals surface area contributed by atoms with Crippen LogP contribution in [0.25, 0.3) is 0 Å². The Morgan fingerprint density at radius 1 is 1.10 bits per heavy atom. The number of aromatic nitrogens is 3. The largest absolute Gasteiger partial charge is 0.411 e. The van der Waals surface area contributed by atoms with E-state index < -0.39 is 12.8 Å². The molecule has 7 nitrogen and oxygen atoms in total. The molecule has 0 atom stereocenters. The second kappa shape index (κ2) is 9.73. The van der Waals surface area contributed by atoms with Crippen molar-refractivity contribution in [2.75, 3.05) is 13.7 Å². The van der Waals surface area contributed by atoms with E-state index in [0.29, 0.717) is 24.6 Å². The average molecular weight is 410 g/mol. The lowest BCUT2D eigenvalue weighted by molar-refractivity contribution is -0.176. The number of nitrogens with zero attached hydrogens (tertiary/aromatic N) is 4. The highest BCUT2D eigenvalue weighted by Gasteiger charge is 2.27. The molecule has 0 unspecified atom stereocenters. The molecule has 0 aliphatic carbocycles. The maximum atomic E-state index is 12.1. The smallest absolute Gasteiger partial charge is 0.367 e. The maximum Gasteiger partial charge on any atom is 0.411 e. The second-order valence-corrected chi connectivity index (χ2v) is 6.84. The van der Waals surface area contributed by atoms with E-state index in [9.17, 15) is 13.2 Å². The molecule has 3 rings (SSSR count). The maximum absolute atomic E-state index is 12.1. The highest BCUT2D eigenvalue weighted by atomic mass is 19.4. The highest BCUT2D eigenvalue weighted by Crippen LogP contribution is 2.16. The quantitative estimate of drug-likeness (QED) is 0.542. The number of fused-ring (bicyclic) bond motifs is 1. The Kier molecular flexibility index (Phi) is 7.08. The summed E-state index contributed by atoms with van der Waals surface area (Å²) in [6, 6.07) is 7.21. The fourth-order valence-electron chi connectivity index (χ4n) is 3.11. The summed E-state index contributed by atoms with van der Waals surface area (Å²) in [4.78, 5) is 4.21. The summed E-state index contributed by atoms with van der Waals surface area (Å²) in [5.74, 6) is 2.57. The molecule has 29 heavy (non-hydrogen) atoms. The van der Waals surface area contributed by atoms with Gasteiger partial charge in [-0.25, -0.2) is 0 Å². The number of hydrogen-bond donors (Lipinski definition) is 2. The second-order valence-electron chi connectivity index (χ2n) is 6.84.